The molecule has 0 aliphatic rings. The summed E-state index contributed by atoms with van der Waals surface area (Å²) in [6, 6.07) is 15.4. The highest BCUT2D eigenvalue weighted by Crippen LogP contribution is 2.20. The number of para-hydroxylation sites is 1. The molecule has 1 amide bonds. The van der Waals surface area contributed by atoms with Crippen molar-refractivity contribution in [2.45, 2.75) is 18.0 Å². The first kappa shape index (κ1) is 14.7. The summed E-state index contributed by atoms with van der Waals surface area (Å²) < 4.78 is 5.27. The molecule has 0 aliphatic carbocycles. The lowest BCUT2D eigenvalue weighted by Crippen LogP contribution is -2.27. The first-order valence-corrected chi connectivity index (χ1v) is 8.02. The molecule has 0 saturated heterocycles. The number of nitrogens with one attached hydrogen (secondary N) is 1. The van der Waals surface area contributed by atoms with Crippen LogP contribution in [0.15, 0.2) is 64.2 Å². The van der Waals surface area contributed by atoms with Crippen LogP contribution in [0.3, 0.4) is 0 Å². The third-order valence-electron chi connectivity index (χ3n) is 3.27. The predicted octanol–water partition coefficient (Wildman–Crippen LogP) is 3.80. The van der Waals surface area contributed by atoms with Crippen LogP contribution in [-0.2, 0) is 4.79 Å². The smallest absolute Gasteiger partial charge is 0.230 e. The van der Waals surface area contributed by atoms with Gasteiger partial charge in [0.1, 0.15) is 5.76 Å². The van der Waals surface area contributed by atoms with Crippen LogP contribution in [0.25, 0.3) is 10.9 Å². The second kappa shape index (κ2) is 6.66. The topological polar surface area (TPSA) is 55.1 Å². The van der Waals surface area contributed by atoms with Crippen LogP contribution in [0.4, 0.5) is 0 Å². The number of benzene rings is 1. The van der Waals surface area contributed by atoms with Gasteiger partial charge in [0.05, 0.1) is 28.6 Å². The minimum Gasteiger partial charge on any atom is -0.467 e. The first-order valence-electron chi connectivity index (χ1n) is 7.04. The average Bonchev–Trinajstić information content (AvgIpc) is 3.07. The van der Waals surface area contributed by atoms with Gasteiger partial charge in [0.2, 0.25) is 5.91 Å². The fourth-order valence-electron chi connectivity index (χ4n) is 2.16. The Hall–Kier alpha value is -2.27. The lowest BCUT2D eigenvalue weighted by Gasteiger charge is -2.11. The van der Waals surface area contributed by atoms with Gasteiger partial charge in [-0.25, -0.2) is 4.98 Å². The number of hydrogen-bond acceptors (Lipinski definition) is 4. The van der Waals surface area contributed by atoms with Gasteiger partial charge in [-0.05, 0) is 31.2 Å². The normalized spacial score (nSPS) is 12.2. The van der Waals surface area contributed by atoms with Crippen LogP contribution in [0.5, 0.6) is 0 Å². The maximum Gasteiger partial charge on any atom is 0.230 e. The Morgan fingerprint density at radius 3 is 2.91 bits per heavy atom. The van der Waals surface area contributed by atoms with Crippen molar-refractivity contribution < 1.29 is 9.21 Å². The van der Waals surface area contributed by atoms with Crippen LogP contribution in [-0.4, -0.2) is 16.6 Å². The first-order chi connectivity index (χ1) is 10.7. The largest absolute Gasteiger partial charge is 0.467 e. The Bertz CT molecular complexity index is 771. The van der Waals surface area contributed by atoms with Crippen LogP contribution in [0.2, 0.25) is 0 Å². The molecule has 1 N–H and O–H groups in total. The Kier molecular flexibility index (Phi) is 4.44. The molecule has 0 radical (unpaired) electrons. The van der Waals surface area contributed by atoms with E-state index in [1.165, 1.54) is 11.8 Å². The van der Waals surface area contributed by atoms with Crippen LogP contribution in [0, 0.1) is 0 Å². The molecule has 0 spiro atoms. The third-order valence-corrected chi connectivity index (χ3v) is 4.20. The number of fused-ring (bicyclic) bond motifs is 1. The SMILES string of the molecule is C[C@@H](NC(=O)CSc1ccc2ccccc2n1)c1ccco1. The van der Waals surface area contributed by atoms with Crippen molar-refractivity contribution >= 4 is 28.6 Å². The Balaban J connectivity index is 1.57. The van der Waals surface area contributed by atoms with Crippen LogP contribution >= 0.6 is 11.8 Å². The molecule has 0 bridgehead atoms. The molecule has 0 unspecified atom stereocenters. The van der Waals surface area contributed by atoms with Crippen molar-refractivity contribution in [1.82, 2.24) is 10.3 Å². The Morgan fingerprint density at radius 1 is 1.23 bits per heavy atom. The summed E-state index contributed by atoms with van der Waals surface area (Å²) in [7, 11) is 0. The van der Waals surface area contributed by atoms with Gasteiger partial charge in [-0.15, -0.1) is 0 Å². The number of rotatable bonds is 5. The molecule has 4 nitrogen and oxygen atoms in total. The fourth-order valence-corrected chi connectivity index (χ4v) is 2.85. The zero-order valence-electron chi connectivity index (χ0n) is 12.2. The van der Waals surface area contributed by atoms with Crippen molar-refractivity contribution in [2.24, 2.45) is 0 Å². The second-order valence-electron chi connectivity index (χ2n) is 4.94. The molecule has 1 aromatic carbocycles. The Morgan fingerprint density at radius 2 is 2.09 bits per heavy atom. The Labute approximate surface area is 132 Å². The summed E-state index contributed by atoms with van der Waals surface area (Å²) >= 11 is 1.43. The number of carbonyl (C=O) groups excluding carboxylic acids is 1. The molecule has 2 heterocycles. The summed E-state index contributed by atoms with van der Waals surface area (Å²) in [4.78, 5) is 16.5. The number of amides is 1. The highest BCUT2D eigenvalue weighted by molar-refractivity contribution is 7.99. The zero-order valence-corrected chi connectivity index (χ0v) is 13.0. The molecule has 0 fully saturated rings. The quantitative estimate of drug-likeness (QED) is 0.728. The molecule has 2 aromatic heterocycles. The molecule has 3 aromatic rings. The number of carbonyl (C=O) groups is 1. The molecular weight excluding hydrogens is 296 g/mol. The van der Waals surface area contributed by atoms with E-state index in [9.17, 15) is 4.79 Å². The molecule has 3 rings (SSSR count). The maximum absolute atomic E-state index is 12.0. The number of hydrogen-bond donors (Lipinski definition) is 1. The van der Waals surface area contributed by atoms with E-state index in [4.69, 9.17) is 4.42 Å². The van der Waals surface area contributed by atoms with Crippen molar-refractivity contribution in [2.75, 3.05) is 5.75 Å². The van der Waals surface area contributed by atoms with Crippen molar-refractivity contribution in [3.05, 3.63) is 60.6 Å². The van der Waals surface area contributed by atoms with Gasteiger partial charge in [0, 0.05) is 5.39 Å². The summed E-state index contributed by atoms with van der Waals surface area (Å²) in [6.07, 6.45) is 1.60. The monoisotopic (exact) mass is 312 g/mol. The molecule has 112 valence electrons. The minimum atomic E-state index is -0.132. The average molecular weight is 312 g/mol. The van der Waals surface area contributed by atoms with Crippen LogP contribution in [0.1, 0.15) is 18.7 Å². The number of thioether (sulfide) groups is 1. The lowest BCUT2D eigenvalue weighted by molar-refractivity contribution is -0.119. The van der Waals surface area contributed by atoms with Crippen molar-refractivity contribution in [1.29, 1.82) is 0 Å². The highest BCUT2D eigenvalue weighted by Gasteiger charge is 2.12. The molecule has 22 heavy (non-hydrogen) atoms. The van der Waals surface area contributed by atoms with E-state index in [0.717, 1.165) is 21.7 Å². The third kappa shape index (κ3) is 3.49. The van der Waals surface area contributed by atoms with E-state index >= 15 is 0 Å². The summed E-state index contributed by atoms with van der Waals surface area (Å²) in [5.41, 5.74) is 0.942. The van der Waals surface area contributed by atoms with E-state index in [2.05, 4.69) is 10.3 Å². The van der Waals surface area contributed by atoms with Gasteiger partial charge in [0.25, 0.3) is 0 Å². The fraction of sp³-hybridized carbons (Fsp3) is 0.176. The van der Waals surface area contributed by atoms with Crippen molar-refractivity contribution in [3.8, 4) is 0 Å². The molecule has 1 atom stereocenters. The maximum atomic E-state index is 12.0. The van der Waals surface area contributed by atoms with Gasteiger partial charge in [-0.3, -0.25) is 4.79 Å². The van der Waals surface area contributed by atoms with E-state index in [-0.39, 0.29) is 11.9 Å². The van der Waals surface area contributed by atoms with E-state index in [1.54, 1.807) is 6.26 Å². The molecule has 0 aliphatic heterocycles. The number of furan rings is 1. The second-order valence-corrected chi connectivity index (χ2v) is 5.93. The molecular formula is C17H16N2O2S. The van der Waals surface area contributed by atoms with Crippen LogP contribution < -0.4 is 5.32 Å². The predicted molar refractivity (Wildman–Crippen MR) is 87.7 cm³/mol. The molecule has 5 heteroatoms. The minimum absolute atomic E-state index is 0.0381. The standard InChI is InChI=1S/C17H16N2O2S/c1-12(15-7-4-10-21-15)18-16(20)11-22-17-9-8-13-5-2-3-6-14(13)19-17/h2-10,12H,11H2,1H3,(H,18,20)/t12-/m1/s1. The number of pyridine rings is 1. The van der Waals surface area contributed by atoms with Crippen molar-refractivity contribution in [3.63, 3.8) is 0 Å². The summed E-state index contributed by atoms with van der Waals surface area (Å²) in [6.45, 7) is 1.90. The zero-order chi connectivity index (χ0) is 15.4. The van der Waals surface area contributed by atoms with E-state index in [0.29, 0.717) is 5.75 Å². The van der Waals surface area contributed by atoms with Gasteiger partial charge in [0.15, 0.2) is 0 Å². The van der Waals surface area contributed by atoms with Gasteiger partial charge < -0.3 is 9.73 Å². The van der Waals surface area contributed by atoms with Gasteiger partial charge >= 0.3 is 0 Å². The van der Waals surface area contributed by atoms with E-state index < -0.39 is 0 Å². The number of aromatic nitrogens is 1. The lowest BCUT2D eigenvalue weighted by atomic mass is 10.2. The van der Waals surface area contributed by atoms with E-state index in [1.807, 2.05) is 55.5 Å². The number of nitrogens with zero attached hydrogens (tertiary/aromatic N) is 1. The van der Waals surface area contributed by atoms with Gasteiger partial charge in [-0.1, -0.05) is 36.0 Å². The highest BCUT2D eigenvalue weighted by atomic mass is 32.2. The summed E-state index contributed by atoms with van der Waals surface area (Å²) in [5, 5.41) is 4.85. The summed E-state index contributed by atoms with van der Waals surface area (Å²) in [5.74, 6) is 1.04. The van der Waals surface area contributed by atoms with Gasteiger partial charge in [-0.2, -0.15) is 0 Å². The molecule has 0 saturated carbocycles.